The van der Waals surface area contributed by atoms with Crippen LogP contribution in [-0.4, -0.2) is 24.9 Å². The second kappa shape index (κ2) is 6.80. The van der Waals surface area contributed by atoms with E-state index in [0.717, 1.165) is 23.1 Å². The average molecular weight is 243 g/mol. The Morgan fingerprint density at radius 2 is 1.94 bits per heavy atom. The van der Waals surface area contributed by atoms with E-state index >= 15 is 0 Å². The Hall–Kier alpha value is -1.83. The van der Waals surface area contributed by atoms with E-state index in [-0.39, 0.29) is 5.91 Å². The number of hydrogen-bond donors (Lipinski definition) is 0. The van der Waals surface area contributed by atoms with Crippen molar-refractivity contribution in [2.24, 2.45) is 0 Å². The molecule has 96 valence electrons. The minimum absolute atomic E-state index is 0.0341. The molecule has 0 aliphatic heterocycles. The Morgan fingerprint density at radius 1 is 1.28 bits per heavy atom. The van der Waals surface area contributed by atoms with Gasteiger partial charge in [0, 0.05) is 19.7 Å². The number of hydrogen-bond acceptors (Lipinski definition) is 1. The predicted octanol–water partition coefficient (Wildman–Crippen LogP) is 3.76. The highest BCUT2D eigenvalue weighted by molar-refractivity contribution is 5.95. The first-order chi connectivity index (χ1) is 8.60. The molecular formula is C16H21NO. The van der Waals surface area contributed by atoms with Gasteiger partial charge in [0.05, 0.1) is 0 Å². The number of rotatable bonds is 4. The molecule has 0 saturated heterocycles. The number of benzene rings is 1. The Morgan fingerprint density at radius 3 is 2.50 bits per heavy atom. The molecule has 1 aromatic rings. The molecule has 2 heteroatoms. The molecule has 0 bridgehead atoms. The minimum Gasteiger partial charge on any atom is -0.345 e. The molecule has 0 aromatic heterocycles. The van der Waals surface area contributed by atoms with Gasteiger partial charge in [-0.3, -0.25) is 4.79 Å². The van der Waals surface area contributed by atoms with Crippen LogP contribution in [0.15, 0.2) is 42.5 Å². The van der Waals surface area contributed by atoms with E-state index < -0.39 is 0 Å². The maximum atomic E-state index is 11.9. The summed E-state index contributed by atoms with van der Waals surface area (Å²) in [5.74, 6) is 0.0341. The van der Waals surface area contributed by atoms with Gasteiger partial charge in [-0.05, 0) is 36.6 Å². The topological polar surface area (TPSA) is 20.3 Å². The second-order valence-electron chi connectivity index (χ2n) is 4.34. The van der Waals surface area contributed by atoms with Gasteiger partial charge >= 0.3 is 0 Å². The summed E-state index contributed by atoms with van der Waals surface area (Å²) in [5, 5.41) is 0. The number of carbonyl (C=O) groups is 1. The van der Waals surface area contributed by atoms with Gasteiger partial charge in [-0.25, -0.2) is 0 Å². The van der Waals surface area contributed by atoms with Crippen molar-refractivity contribution in [2.45, 2.75) is 20.3 Å². The van der Waals surface area contributed by atoms with E-state index in [9.17, 15) is 4.79 Å². The number of nitrogens with zero attached hydrogens (tertiary/aromatic N) is 1. The minimum atomic E-state index is 0.0341. The molecule has 0 heterocycles. The summed E-state index contributed by atoms with van der Waals surface area (Å²) in [5.41, 5.74) is 2.95. The molecule has 0 aliphatic rings. The van der Waals surface area contributed by atoms with Crippen molar-refractivity contribution in [3.63, 3.8) is 0 Å². The summed E-state index contributed by atoms with van der Waals surface area (Å²) >= 11 is 0. The zero-order chi connectivity index (χ0) is 13.5. The molecular weight excluding hydrogens is 222 g/mol. The fraction of sp³-hybridized carbons (Fsp3) is 0.312. The molecule has 2 nitrogen and oxygen atoms in total. The standard InChI is InChI=1S/C16H21NO/c1-5-7-9-13(6-2)14-10-8-11-15(12-14)16(18)17(3)4/h6-12H,5H2,1-4H3/b9-7-,13-6+. The van der Waals surface area contributed by atoms with E-state index in [1.54, 1.807) is 19.0 Å². The summed E-state index contributed by atoms with van der Waals surface area (Å²) in [4.78, 5) is 13.5. The lowest BCUT2D eigenvalue weighted by Crippen LogP contribution is -2.21. The van der Waals surface area contributed by atoms with Crippen LogP contribution in [0.2, 0.25) is 0 Å². The molecule has 18 heavy (non-hydrogen) atoms. The Kier molecular flexibility index (Phi) is 5.37. The normalized spacial score (nSPS) is 11.9. The lowest BCUT2D eigenvalue weighted by molar-refractivity contribution is 0.0827. The molecule has 1 aromatic carbocycles. The molecule has 0 saturated carbocycles. The van der Waals surface area contributed by atoms with Gasteiger partial charge in [-0.15, -0.1) is 0 Å². The highest BCUT2D eigenvalue weighted by Crippen LogP contribution is 2.18. The molecule has 1 rings (SSSR count). The van der Waals surface area contributed by atoms with Crippen molar-refractivity contribution in [1.29, 1.82) is 0 Å². The van der Waals surface area contributed by atoms with E-state index in [0.29, 0.717) is 0 Å². The molecule has 0 N–H and O–H groups in total. The van der Waals surface area contributed by atoms with Crippen molar-refractivity contribution >= 4 is 11.5 Å². The van der Waals surface area contributed by atoms with Gasteiger partial charge in [-0.1, -0.05) is 37.3 Å². The largest absolute Gasteiger partial charge is 0.345 e. The van der Waals surface area contributed by atoms with Crippen molar-refractivity contribution in [3.8, 4) is 0 Å². The SMILES string of the molecule is C/C=C(\C=C/CC)c1cccc(C(=O)N(C)C)c1. The summed E-state index contributed by atoms with van der Waals surface area (Å²) in [6.45, 7) is 4.12. The van der Waals surface area contributed by atoms with Crippen LogP contribution >= 0.6 is 0 Å². The average Bonchev–Trinajstić information content (AvgIpc) is 2.39. The van der Waals surface area contributed by atoms with Crippen LogP contribution in [0.5, 0.6) is 0 Å². The van der Waals surface area contributed by atoms with Crippen LogP contribution in [0.25, 0.3) is 5.57 Å². The lowest BCUT2D eigenvalue weighted by Gasteiger charge is -2.11. The van der Waals surface area contributed by atoms with Crippen LogP contribution in [-0.2, 0) is 0 Å². The molecule has 0 aliphatic carbocycles. The van der Waals surface area contributed by atoms with Crippen LogP contribution in [0.3, 0.4) is 0 Å². The summed E-state index contributed by atoms with van der Waals surface area (Å²) < 4.78 is 0. The van der Waals surface area contributed by atoms with Gasteiger partial charge in [0.25, 0.3) is 5.91 Å². The maximum Gasteiger partial charge on any atom is 0.253 e. The van der Waals surface area contributed by atoms with E-state index in [1.807, 2.05) is 31.2 Å². The van der Waals surface area contributed by atoms with Crippen molar-refractivity contribution in [2.75, 3.05) is 14.1 Å². The first-order valence-electron chi connectivity index (χ1n) is 6.25. The predicted molar refractivity (Wildman–Crippen MR) is 77.5 cm³/mol. The number of allylic oxidation sites excluding steroid dienone is 4. The van der Waals surface area contributed by atoms with E-state index in [1.165, 1.54) is 0 Å². The Bertz CT molecular complexity index is 470. The molecule has 1 amide bonds. The van der Waals surface area contributed by atoms with Gasteiger partial charge in [0.15, 0.2) is 0 Å². The summed E-state index contributed by atoms with van der Waals surface area (Å²) in [6, 6.07) is 7.75. The summed E-state index contributed by atoms with van der Waals surface area (Å²) in [6.07, 6.45) is 7.29. The van der Waals surface area contributed by atoms with Crippen molar-refractivity contribution in [3.05, 3.63) is 53.6 Å². The van der Waals surface area contributed by atoms with E-state index in [4.69, 9.17) is 0 Å². The zero-order valence-corrected chi connectivity index (χ0v) is 11.6. The van der Waals surface area contributed by atoms with Crippen molar-refractivity contribution in [1.82, 2.24) is 4.90 Å². The van der Waals surface area contributed by atoms with Gasteiger partial charge < -0.3 is 4.90 Å². The summed E-state index contributed by atoms with van der Waals surface area (Å²) in [7, 11) is 3.53. The highest BCUT2D eigenvalue weighted by Gasteiger charge is 2.08. The Balaban J connectivity index is 3.08. The second-order valence-corrected chi connectivity index (χ2v) is 4.34. The van der Waals surface area contributed by atoms with Crippen LogP contribution < -0.4 is 0 Å². The van der Waals surface area contributed by atoms with E-state index in [2.05, 4.69) is 25.2 Å². The van der Waals surface area contributed by atoms with Crippen LogP contribution in [0, 0.1) is 0 Å². The molecule has 0 spiro atoms. The third-order valence-electron chi connectivity index (χ3n) is 2.69. The fourth-order valence-electron chi connectivity index (χ4n) is 1.69. The molecule has 0 atom stereocenters. The van der Waals surface area contributed by atoms with Gasteiger partial charge in [0.1, 0.15) is 0 Å². The van der Waals surface area contributed by atoms with Gasteiger partial charge in [0.2, 0.25) is 0 Å². The molecule has 0 unspecified atom stereocenters. The monoisotopic (exact) mass is 243 g/mol. The third-order valence-corrected chi connectivity index (χ3v) is 2.69. The molecule has 0 fully saturated rings. The van der Waals surface area contributed by atoms with Crippen LogP contribution in [0.4, 0.5) is 0 Å². The van der Waals surface area contributed by atoms with Crippen LogP contribution in [0.1, 0.15) is 36.2 Å². The maximum absolute atomic E-state index is 11.9. The third kappa shape index (κ3) is 3.59. The van der Waals surface area contributed by atoms with Crippen molar-refractivity contribution < 1.29 is 4.79 Å². The Labute approximate surface area is 110 Å². The quantitative estimate of drug-likeness (QED) is 0.737. The number of amides is 1. The fourth-order valence-corrected chi connectivity index (χ4v) is 1.69. The molecule has 0 radical (unpaired) electrons. The number of carbonyl (C=O) groups excluding carboxylic acids is 1. The first kappa shape index (κ1) is 14.2. The highest BCUT2D eigenvalue weighted by atomic mass is 16.2. The zero-order valence-electron chi connectivity index (χ0n) is 11.6. The smallest absolute Gasteiger partial charge is 0.253 e. The van der Waals surface area contributed by atoms with Gasteiger partial charge in [-0.2, -0.15) is 0 Å². The first-order valence-corrected chi connectivity index (χ1v) is 6.25. The lowest BCUT2D eigenvalue weighted by atomic mass is 10.0.